The first-order chi connectivity index (χ1) is 11.9. The summed E-state index contributed by atoms with van der Waals surface area (Å²) in [7, 11) is 0. The molecule has 1 aliphatic carbocycles. The van der Waals surface area contributed by atoms with Crippen LogP contribution in [-0.4, -0.2) is 21.2 Å². The summed E-state index contributed by atoms with van der Waals surface area (Å²) < 4.78 is 13.2. The van der Waals surface area contributed by atoms with Gasteiger partial charge in [-0.25, -0.2) is 14.2 Å². The molecule has 1 fully saturated rings. The molecule has 4 nitrogen and oxygen atoms in total. The lowest BCUT2D eigenvalue weighted by atomic mass is 9.89. The molecular formula is C19H13ClFNO3. The molecule has 0 spiro atoms. The highest BCUT2D eigenvalue weighted by Crippen LogP contribution is 2.56. The molecule has 0 aliphatic heterocycles. The topological polar surface area (TPSA) is 70.4 Å². The van der Waals surface area contributed by atoms with Crippen molar-refractivity contribution in [2.75, 3.05) is 0 Å². The van der Waals surface area contributed by atoms with Crippen LogP contribution in [0.1, 0.15) is 34.5 Å². The molecular weight excluding hydrogens is 345 g/mol. The average molecular weight is 358 g/mol. The molecule has 126 valence electrons. The van der Waals surface area contributed by atoms with Crippen molar-refractivity contribution in [3.8, 4) is 5.75 Å². The first kappa shape index (κ1) is 15.8. The van der Waals surface area contributed by atoms with Crippen LogP contribution in [0.4, 0.5) is 4.39 Å². The van der Waals surface area contributed by atoms with Gasteiger partial charge in [0.1, 0.15) is 11.4 Å². The number of pyridine rings is 1. The Kier molecular flexibility index (Phi) is 3.44. The summed E-state index contributed by atoms with van der Waals surface area (Å²) in [5, 5.41) is 20.9. The number of aromatic hydroxyl groups is 1. The number of hydrogen-bond donors (Lipinski definition) is 2. The first-order valence-electron chi connectivity index (χ1n) is 7.75. The smallest absolute Gasteiger partial charge is 0.340 e. The lowest BCUT2D eigenvalue weighted by Crippen LogP contribution is -2.14. The Morgan fingerprint density at radius 2 is 1.84 bits per heavy atom. The van der Waals surface area contributed by atoms with Gasteiger partial charge in [-0.05, 0) is 36.6 Å². The standard InChI is InChI=1S/C19H13ClFNO3/c20-13-3-1-2-12-14(18(24)25)16(23)17(22-15(12)13)19(8-9-19)10-4-6-11(21)7-5-10/h1-7,23H,8-9H2,(H,24,25). The Hall–Kier alpha value is -2.66. The molecule has 2 N–H and O–H groups in total. The number of halogens is 2. The molecule has 4 rings (SSSR count). The van der Waals surface area contributed by atoms with Crippen LogP contribution in [0.15, 0.2) is 42.5 Å². The average Bonchev–Trinajstić information content (AvgIpc) is 3.36. The number of nitrogens with zero attached hydrogens (tertiary/aromatic N) is 1. The van der Waals surface area contributed by atoms with Crippen LogP contribution in [-0.2, 0) is 5.41 Å². The molecule has 0 unspecified atom stereocenters. The zero-order valence-electron chi connectivity index (χ0n) is 13.0. The monoisotopic (exact) mass is 357 g/mol. The van der Waals surface area contributed by atoms with E-state index in [4.69, 9.17) is 11.6 Å². The van der Waals surface area contributed by atoms with Crippen LogP contribution in [0.25, 0.3) is 10.9 Å². The van der Waals surface area contributed by atoms with E-state index in [9.17, 15) is 19.4 Å². The lowest BCUT2D eigenvalue weighted by molar-refractivity contribution is 0.0695. The molecule has 1 aromatic heterocycles. The Bertz CT molecular complexity index is 1010. The van der Waals surface area contributed by atoms with Gasteiger partial charge >= 0.3 is 5.97 Å². The van der Waals surface area contributed by atoms with E-state index in [2.05, 4.69) is 4.98 Å². The fourth-order valence-electron chi connectivity index (χ4n) is 3.35. The first-order valence-corrected chi connectivity index (χ1v) is 8.13. The van der Waals surface area contributed by atoms with Gasteiger partial charge in [-0.2, -0.15) is 0 Å². The van der Waals surface area contributed by atoms with E-state index in [0.29, 0.717) is 23.4 Å². The molecule has 0 amide bonds. The summed E-state index contributed by atoms with van der Waals surface area (Å²) in [5.41, 5.74) is 0.574. The van der Waals surface area contributed by atoms with Gasteiger partial charge in [0, 0.05) is 10.8 Å². The maximum Gasteiger partial charge on any atom is 0.340 e. The van der Waals surface area contributed by atoms with E-state index < -0.39 is 11.4 Å². The SMILES string of the molecule is O=C(O)c1c(O)c(C2(c3ccc(F)cc3)CC2)nc2c(Cl)cccc12. The maximum atomic E-state index is 13.2. The van der Waals surface area contributed by atoms with Gasteiger partial charge in [0.05, 0.1) is 16.2 Å². The normalized spacial score (nSPS) is 15.3. The Morgan fingerprint density at radius 3 is 2.44 bits per heavy atom. The van der Waals surface area contributed by atoms with Crippen molar-refractivity contribution >= 4 is 28.5 Å². The number of carbonyl (C=O) groups is 1. The van der Waals surface area contributed by atoms with Crippen molar-refractivity contribution in [1.82, 2.24) is 4.98 Å². The fraction of sp³-hybridized carbons (Fsp3) is 0.158. The zero-order chi connectivity index (χ0) is 17.8. The van der Waals surface area contributed by atoms with Crippen molar-refractivity contribution in [1.29, 1.82) is 0 Å². The summed E-state index contributed by atoms with van der Waals surface area (Å²) in [6.45, 7) is 0. The number of para-hydroxylation sites is 1. The molecule has 0 bridgehead atoms. The second-order valence-corrected chi connectivity index (χ2v) is 6.62. The minimum absolute atomic E-state index is 0.212. The molecule has 3 aromatic rings. The second-order valence-electron chi connectivity index (χ2n) is 6.21. The van der Waals surface area contributed by atoms with Crippen LogP contribution in [0.2, 0.25) is 5.02 Å². The minimum atomic E-state index is -1.25. The summed E-state index contributed by atoms with van der Waals surface area (Å²) in [5.74, 6) is -1.96. The summed E-state index contributed by atoms with van der Waals surface area (Å²) in [6, 6.07) is 10.8. The van der Waals surface area contributed by atoms with E-state index in [0.717, 1.165) is 5.56 Å². The predicted molar refractivity (Wildman–Crippen MR) is 91.8 cm³/mol. The highest BCUT2D eigenvalue weighted by molar-refractivity contribution is 6.35. The summed E-state index contributed by atoms with van der Waals surface area (Å²) in [4.78, 5) is 16.3. The molecule has 2 aromatic carbocycles. The number of carboxylic acids is 1. The second kappa shape index (κ2) is 5.43. The van der Waals surface area contributed by atoms with Crippen molar-refractivity contribution in [3.05, 3.63) is 70.1 Å². The molecule has 0 atom stereocenters. The van der Waals surface area contributed by atoms with Crippen molar-refractivity contribution < 1.29 is 19.4 Å². The summed E-state index contributed by atoms with van der Waals surface area (Å²) in [6.07, 6.45) is 1.38. The lowest BCUT2D eigenvalue weighted by Gasteiger charge is -2.19. The van der Waals surface area contributed by atoms with Gasteiger partial charge < -0.3 is 10.2 Å². The van der Waals surface area contributed by atoms with Gasteiger partial charge in [0.15, 0.2) is 5.75 Å². The van der Waals surface area contributed by atoms with E-state index in [1.807, 2.05) is 0 Å². The molecule has 0 radical (unpaired) electrons. The van der Waals surface area contributed by atoms with Gasteiger partial charge in [-0.3, -0.25) is 0 Å². The van der Waals surface area contributed by atoms with Crippen LogP contribution >= 0.6 is 11.6 Å². The molecule has 0 saturated heterocycles. The largest absolute Gasteiger partial charge is 0.505 e. The van der Waals surface area contributed by atoms with Gasteiger partial charge in [0.2, 0.25) is 0 Å². The van der Waals surface area contributed by atoms with Crippen molar-refractivity contribution in [3.63, 3.8) is 0 Å². The Balaban J connectivity index is 2.02. The van der Waals surface area contributed by atoms with Crippen molar-refractivity contribution in [2.45, 2.75) is 18.3 Å². The molecule has 25 heavy (non-hydrogen) atoms. The third-order valence-corrected chi connectivity index (χ3v) is 5.06. The van der Waals surface area contributed by atoms with Gasteiger partial charge in [-0.15, -0.1) is 0 Å². The molecule has 1 saturated carbocycles. The highest BCUT2D eigenvalue weighted by atomic mass is 35.5. The zero-order valence-corrected chi connectivity index (χ0v) is 13.7. The third kappa shape index (κ3) is 2.35. The van der Waals surface area contributed by atoms with Gasteiger partial charge in [0.25, 0.3) is 0 Å². The molecule has 1 aliphatic rings. The predicted octanol–water partition coefficient (Wildman–Crippen LogP) is 4.51. The number of carboxylic acid groups (broad SMARTS) is 1. The van der Waals surface area contributed by atoms with Crippen LogP contribution in [0.3, 0.4) is 0 Å². The van der Waals surface area contributed by atoms with Crippen LogP contribution in [0, 0.1) is 5.82 Å². The van der Waals surface area contributed by atoms with Crippen LogP contribution < -0.4 is 0 Å². The van der Waals surface area contributed by atoms with E-state index in [1.165, 1.54) is 12.1 Å². The van der Waals surface area contributed by atoms with E-state index >= 15 is 0 Å². The minimum Gasteiger partial charge on any atom is -0.505 e. The number of aromatic carboxylic acids is 1. The highest BCUT2D eigenvalue weighted by Gasteiger charge is 2.50. The number of benzene rings is 2. The number of hydrogen-bond acceptors (Lipinski definition) is 3. The third-order valence-electron chi connectivity index (χ3n) is 4.75. The number of aromatic nitrogens is 1. The van der Waals surface area contributed by atoms with Crippen LogP contribution in [0.5, 0.6) is 5.75 Å². The summed E-state index contributed by atoms with van der Waals surface area (Å²) >= 11 is 6.21. The van der Waals surface area contributed by atoms with Crippen molar-refractivity contribution in [2.24, 2.45) is 0 Å². The molecule has 1 heterocycles. The fourth-order valence-corrected chi connectivity index (χ4v) is 3.56. The van der Waals surface area contributed by atoms with E-state index in [1.54, 1.807) is 30.3 Å². The van der Waals surface area contributed by atoms with E-state index in [-0.39, 0.29) is 28.2 Å². The Morgan fingerprint density at radius 1 is 1.16 bits per heavy atom. The maximum absolute atomic E-state index is 13.2. The molecule has 6 heteroatoms. The van der Waals surface area contributed by atoms with Gasteiger partial charge in [-0.1, -0.05) is 35.9 Å². The quantitative estimate of drug-likeness (QED) is 0.723. The number of fused-ring (bicyclic) bond motifs is 1. The number of rotatable bonds is 3. The Labute approximate surface area is 147 Å².